The van der Waals surface area contributed by atoms with E-state index in [0.717, 1.165) is 15.7 Å². The Balaban J connectivity index is 2.57. The quantitative estimate of drug-likeness (QED) is 0.759. The largest absolute Gasteiger partial charge is 0.493 e. The molecule has 0 aliphatic heterocycles. The fourth-order valence-corrected chi connectivity index (χ4v) is 3.06. The molecule has 6 heteroatoms. The highest BCUT2D eigenvalue weighted by molar-refractivity contribution is 9.10. The normalized spacial score (nSPS) is 11.1. The summed E-state index contributed by atoms with van der Waals surface area (Å²) in [5.41, 5.74) is 2.15. The van der Waals surface area contributed by atoms with E-state index in [1.165, 1.54) is 11.3 Å². The van der Waals surface area contributed by atoms with Gasteiger partial charge < -0.3 is 9.47 Å². The van der Waals surface area contributed by atoms with E-state index in [9.17, 15) is 5.26 Å². The van der Waals surface area contributed by atoms with Gasteiger partial charge in [-0.3, -0.25) is 0 Å². The molecule has 0 unspecified atom stereocenters. The highest BCUT2D eigenvalue weighted by atomic mass is 79.9. The molecule has 0 aliphatic rings. The average molecular weight is 365 g/mol. The Morgan fingerprint density at radius 3 is 2.67 bits per heavy atom. The van der Waals surface area contributed by atoms with Gasteiger partial charge in [0.25, 0.3) is 0 Å². The van der Waals surface area contributed by atoms with Crippen molar-refractivity contribution < 1.29 is 9.47 Å². The van der Waals surface area contributed by atoms with Crippen LogP contribution in [0.4, 0.5) is 0 Å². The molecule has 0 radical (unpaired) electrons. The molecule has 0 saturated heterocycles. The van der Waals surface area contributed by atoms with E-state index in [2.05, 4.69) is 27.0 Å². The van der Waals surface area contributed by atoms with Crippen LogP contribution in [0.25, 0.3) is 11.6 Å². The molecule has 108 valence electrons. The second kappa shape index (κ2) is 6.74. The van der Waals surface area contributed by atoms with Crippen molar-refractivity contribution in [3.8, 4) is 17.6 Å². The maximum atomic E-state index is 9.37. The Hall–Kier alpha value is -1.84. The first-order valence-electron chi connectivity index (χ1n) is 6.05. The van der Waals surface area contributed by atoms with Crippen LogP contribution in [0.3, 0.4) is 0 Å². The summed E-state index contributed by atoms with van der Waals surface area (Å²) in [6.45, 7) is 1.90. The summed E-state index contributed by atoms with van der Waals surface area (Å²) >= 11 is 4.87. The van der Waals surface area contributed by atoms with Crippen molar-refractivity contribution >= 4 is 38.9 Å². The number of methoxy groups -OCH3 is 2. The van der Waals surface area contributed by atoms with Crippen molar-refractivity contribution in [3.05, 3.63) is 38.3 Å². The van der Waals surface area contributed by atoms with Crippen LogP contribution in [0.2, 0.25) is 0 Å². The molecule has 0 fully saturated rings. The molecule has 1 heterocycles. The smallest absolute Gasteiger partial charge is 0.168 e. The maximum Gasteiger partial charge on any atom is 0.168 e. The molecule has 0 amide bonds. The number of nitriles is 1. The molecule has 0 atom stereocenters. The van der Waals surface area contributed by atoms with Crippen molar-refractivity contribution in [1.29, 1.82) is 5.26 Å². The number of hydrogen-bond donors (Lipinski definition) is 0. The van der Waals surface area contributed by atoms with Gasteiger partial charge in [-0.25, -0.2) is 4.98 Å². The van der Waals surface area contributed by atoms with Gasteiger partial charge in [-0.15, -0.1) is 11.3 Å². The second-order valence-corrected chi connectivity index (χ2v) is 5.97. The zero-order valence-electron chi connectivity index (χ0n) is 11.8. The van der Waals surface area contributed by atoms with Crippen molar-refractivity contribution in [2.24, 2.45) is 0 Å². The van der Waals surface area contributed by atoms with Crippen LogP contribution in [-0.4, -0.2) is 19.2 Å². The third-order valence-electron chi connectivity index (χ3n) is 2.74. The number of aryl methyl sites for hydroxylation is 1. The lowest BCUT2D eigenvalue weighted by Crippen LogP contribution is -1.94. The fraction of sp³-hybridized carbons (Fsp3) is 0.200. The van der Waals surface area contributed by atoms with Crippen LogP contribution < -0.4 is 9.47 Å². The van der Waals surface area contributed by atoms with Gasteiger partial charge in [-0.2, -0.15) is 5.26 Å². The van der Waals surface area contributed by atoms with E-state index in [4.69, 9.17) is 9.47 Å². The van der Waals surface area contributed by atoms with E-state index in [1.807, 2.05) is 24.4 Å². The standard InChI is InChI=1S/C15H13BrN2O2S/c1-9-8-21-15(18-9)11(7-17)4-10-5-12(16)6-13(19-2)14(10)20-3/h4-6,8H,1-3H3/b11-4-. The Kier molecular flexibility index (Phi) is 4.99. The Morgan fingerprint density at radius 1 is 1.38 bits per heavy atom. The molecule has 1 aromatic carbocycles. The summed E-state index contributed by atoms with van der Waals surface area (Å²) < 4.78 is 11.5. The average Bonchev–Trinajstić information content (AvgIpc) is 2.90. The lowest BCUT2D eigenvalue weighted by Gasteiger charge is -2.11. The summed E-state index contributed by atoms with van der Waals surface area (Å²) in [7, 11) is 3.15. The summed E-state index contributed by atoms with van der Waals surface area (Å²) in [6, 6.07) is 5.88. The van der Waals surface area contributed by atoms with Crippen LogP contribution in [-0.2, 0) is 0 Å². The molecule has 0 aliphatic carbocycles. The zero-order chi connectivity index (χ0) is 15.4. The minimum Gasteiger partial charge on any atom is -0.493 e. The zero-order valence-corrected chi connectivity index (χ0v) is 14.2. The van der Waals surface area contributed by atoms with Crippen LogP contribution in [0.1, 0.15) is 16.3 Å². The Morgan fingerprint density at radius 2 is 2.14 bits per heavy atom. The first kappa shape index (κ1) is 15.5. The second-order valence-electron chi connectivity index (χ2n) is 4.19. The number of thiazole rings is 1. The van der Waals surface area contributed by atoms with Gasteiger partial charge in [0.2, 0.25) is 0 Å². The molecule has 1 aromatic heterocycles. The predicted octanol–water partition coefficient (Wildman–Crippen LogP) is 4.30. The molecular formula is C15H13BrN2O2S. The van der Waals surface area contributed by atoms with Crippen LogP contribution in [0.15, 0.2) is 22.0 Å². The predicted molar refractivity (Wildman–Crippen MR) is 87.6 cm³/mol. The molecule has 0 spiro atoms. The monoisotopic (exact) mass is 364 g/mol. The number of aromatic nitrogens is 1. The number of allylic oxidation sites excluding steroid dienone is 1. The van der Waals surface area contributed by atoms with Crippen molar-refractivity contribution in [2.45, 2.75) is 6.92 Å². The van der Waals surface area contributed by atoms with Crippen molar-refractivity contribution in [3.63, 3.8) is 0 Å². The van der Waals surface area contributed by atoms with Crippen molar-refractivity contribution in [1.82, 2.24) is 4.98 Å². The number of benzene rings is 1. The lowest BCUT2D eigenvalue weighted by atomic mass is 10.1. The van der Waals surface area contributed by atoms with E-state index < -0.39 is 0 Å². The van der Waals surface area contributed by atoms with E-state index >= 15 is 0 Å². The number of nitrogens with zero attached hydrogens (tertiary/aromatic N) is 2. The van der Waals surface area contributed by atoms with Gasteiger partial charge in [0, 0.05) is 21.1 Å². The molecule has 0 bridgehead atoms. The van der Waals surface area contributed by atoms with Gasteiger partial charge in [0.05, 0.1) is 19.8 Å². The highest BCUT2D eigenvalue weighted by Gasteiger charge is 2.13. The van der Waals surface area contributed by atoms with E-state index in [0.29, 0.717) is 22.1 Å². The third-order valence-corrected chi connectivity index (χ3v) is 4.19. The van der Waals surface area contributed by atoms with Crippen molar-refractivity contribution in [2.75, 3.05) is 14.2 Å². The fourth-order valence-electron chi connectivity index (χ4n) is 1.84. The topological polar surface area (TPSA) is 55.1 Å². The van der Waals surface area contributed by atoms with Gasteiger partial charge in [-0.1, -0.05) is 15.9 Å². The van der Waals surface area contributed by atoms with Gasteiger partial charge in [-0.05, 0) is 25.1 Å². The maximum absolute atomic E-state index is 9.37. The van der Waals surface area contributed by atoms with Crippen LogP contribution in [0.5, 0.6) is 11.5 Å². The molecule has 0 saturated carbocycles. The summed E-state index contributed by atoms with van der Waals surface area (Å²) in [4.78, 5) is 4.34. The van der Waals surface area contributed by atoms with E-state index in [1.54, 1.807) is 20.3 Å². The lowest BCUT2D eigenvalue weighted by molar-refractivity contribution is 0.354. The minimum absolute atomic E-state index is 0.492. The summed E-state index contributed by atoms with van der Waals surface area (Å²) in [6.07, 6.45) is 1.75. The Labute approximate surface area is 135 Å². The number of rotatable bonds is 4. The number of ether oxygens (including phenoxy) is 2. The molecule has 21 heavy (non-hydrogen) atoms. The molecule has 2 aromatic rings. The third kappa shape index (κ3) is 3.43. The Bertz CT molecular complexity index is 732. The first-order chi connectivity index (χ1) is 10.1. The number of hydrogen-bond acceptors (Lipinski definition) is 5. The molecule has 0 N–H and O–H groups in total. The van der Waals surface area contributed by atoms with Gasteiger partial charge in [0.1, 0.15) is 11.1 Å². The van der Waals surface area contributed by atoms with Crippen LogP contribution in [0, 0.1) is 18.3 Å². The molecule has 4 nitrogen and oxygen atoms in total. The number of halogens is 1. The molecular weight excluding hydrogens is 352 g/mol. The SMILES string of the molecule is COc1cc(Br)cc(/C=C(/C#N)c2nc(C)cs2)c1OC. The van der Waals surface area contributed by atoms with Gasteiger partial charge >= 0.3 is 0 Å². The van der Waals surface area contributed by atoms with E-state index in [-0.39, 0.29) is 0 Å². The summed E-state index contributed by atoms with van der Waals surface area (Å²) in [5, 5.41) is 12.0. The minimum atomic E-state index is 0.492. The van der Waals surface area contributed by atoms with Crippen LogP contribution >= 0.6 is 27.3 Å². The summed E-state index contributed by atoms with van der Waals surface area (Å²) in [5.74, 6) is 1.19. The molecule has 2 rings (SSSR count). The highest BCUT2D eigenvalue weighted by Crippen LogP contribution is 2.36. The first-order valence-corrected chi connectivity index (χ1v) is 7.72. The van der Waals surface area contributed by atoms with Gasteiger partial charge in [0.15, 0.2) is 11.5 Å².